The van der Waals surface area contributed by atoms with Crippen LogP contribution in [0.1, 0.15) is 12.2 Å². The van der Waals surface area contributed by atoms with Crippen molar-refractivity contribution in [2.45, 2.75) is 13.3 Å². The van der Waals surface area contributed by atoms with Gasteiger partial charge in [-0.25, -0.2) is 9.97 Å². The Morgan fingerprint density at radius 2 is 1.89 bits per heavy atom. The molecule has 18 heavy (non-hydrogen) atoms. The number of rotatable bonds is 1. The molecule has 92 valence electrons. The van der Waals surface area contributed by atoms with Crippen molar-refractivity contribution in [1.82, 2.24) is 9.97 Å². The van der Waals surface area contributed by atoms with Crippen LogP contribution < -0.4 is 9.47 Å². The second-order valence-electron chi connectivity index (χ2n) is 4.20. The topological polar surface area (TPSA) is 44.2 Å². The monoisotopic (exact) mass is 242 g/mol. The maximum atomic E-state index is 5.67. The van der Waals surface area contributed by atoms with E-state index in [1.165, 1.54) is 0 Å². The smallest absolute Gasteiger partial charge is 0.161 e. The summed E-state index contributed by atoms with van der Waals surface area (Å²) in [4.78, 5) is 8.51. The molecular formula is C14H14N2O2. The molecule has 2 heterocycles. The Morgan fingerprint density at radius 3 is 2.72 bits per heavy atom. The van der Waals surface area contributed by atoms with Gasteiger partial charge in [-0.1, -0.05) is 0 Å². The fourth-order valence-electron chi connectivity index (χ4n) is 1.94. The van der Waals surface area contributed by atoms with Gasteiger partial charge in [0.15, 0.2) is 11.5 Å². The van der Waals surface area contributed by atoms with Gasteiger partial charge in [-0.2, -0.15) is 0 Å². The quantitative estimate of drug-likeness (QED) is 0.771. The van der Waals surface area contributed by atoms with Crippen LogP contribution in [0.25, 0.3) is 11.3 Å². The van der Waals surface area contributed by atoms with Crippen molar-refractivity contribution >= 4 is 0 Å². The van der Waals surface area contributed by atoms with Gasteiger partial charge in [0.1, 0.15) is 5.82 Å². The normalized spacial score (nSPS) is 14.1. The summed E-state index contributed by atoms with van der Waals surface area (Å²) in [6, 6.07) is 7.80. The summed E-state index contributed by atoms with van der Waals surface area (Å²) in [7, 11) is 0. The predicted molar refractivity (Wildman–Crippen MR) is 67.8 cm³/mol. The standard InChI is InChI=1S/C14H14N2O2/c1-10-15-6-5-12(16-10)11-3-4-13-14(9-11)18-8-2-7-17-13/h3-6,9H,2,7-8H2,1H3. The lowest BCUT2D eigenvalue weighted by Gasteiger charge is -2.09. The van der Waals surface area contributed by atoms with Crippen LogP contribution in [0.3, 0.4) is 0 Å². The third-order valence-electron chi connectivity index (χ3n) is 2.82. The van der Waals surface area contributed by atoms with Gasteiger partial charge in [0.25, 0.3) is 0 Å². The number of benzene rings is 1. The summed E-state index contributed by atoms with van der Waals surface area (Å²) in [6.45, 7) is 3.28. The zero-order valence-electron chi connectivity index (χ0n) is 10.2. The second-order valence-corrected chi connectivity index (χ2v) is 4.20. The molecule has 2 aromatic rings. The third-order valence-corrected chi connectivity index (χ3v) is 2.82. The molecule has 0 fully saturated rings. The van der Waals surface area contributed by atoms with Gasteiger partial charge in [-0.05, 0) is 31.2 Å². The van der Waals surface area contributed by atoms with Crippen LogP contribution >= 0.6 is 0 Å². The maximum Gasteiger partial charge on any atom is 0.161 e. The highest BCUT2D eigenvalue weighted by atomic mass is 16.5. The van der Waals surface area contributed by atoms with E-state index in [2.05, 4.69) is 9.97 Å². The Hall–Kier alpha value is -2.10. The average molecular weight is 242 g/mol. The molecule has 0 radical (unpaired) electrons. The molecule has 0 saturated heterocycles. The van der Waals surface area contributed by atoms with Gasteiger partial charge in [0.05, 0.1) is 18.9 Å². The molecule has 1 aliphatic heterocycles. The number of nitrogens with zero attached hydrogens (tertiary/aromatic N) is 2. The van der Waals surface area contributed by atoms with Crippen LogP contribution in [0.2, 0.25) is 0 Å². The number of fused-ring (bicyclic) bond motifs is 1. The van der Waals surface area contributed by atoms with Crippen molar-refractivity contribution in [3.05, 3.63) is 36.3 Å². The van der Waals surface area contributed by atoms with E-state index >= 15 is 0 Å². The lowest BCUT2D eigenvalue weighted by atomic mass is 10.1. The van der Waals surface area contributed by atoms with Crippen molar-refractivity contribution in [2.24, 2.45) is 0 Å². The van der Waals surface area contributed by atoms with Crippen LogP contribution in [-0.4, -0.2) is 23.2 Å². The van der Waals surface area contributed by atoms with Crippen LogP contribution in [-0.2, 0) is 0 Å². The zero-order chi connectivity index (χ0) is 12.4. The molecule has 0 aliphatic carbocycles. The fraction of sp³-hybridized carbons (Fsp3) is 0.286. The first kappa shape index (κ1) is 11.0. The Balaban J connectivity index is 2.01. The summed E-state index contributed by atoms with van der Waals surface area (Å²) in [6.07, 6.45) is 2.68. The molecule has 1 aromatic heterocycles. The number of ether oxygens (including phenoxy) is 2. The first-order valence-electron chi connectivity index (χ1n) is 6.02. The highest BCUT2D eigenvalue weighted by Gasteiger charge is 2.11. The van der Waals surface area contributed by atoms with Gasteiger partial charge in [0.2, 0.25) is 0 Å². The maximum absolute atomic E-state index is 5.67. The van der Waals surface area contributed by atoms with Gasteiger partial charge < -0.3 is 9.47 Å². The number of aryl methyl sites for hydroxylation is 1. The molecule has 1 aromatic carbocycles. The van der Waals surface area contributed by atoms with Crippen molar-refractivity contribution < 1.29 is 9.47 Å². The molecule has 0 unspecified atom stereocenters. The minimum absolute atomic E-state index is 0.694. The molecule has 1 aliphatic rings. The minimum Gasteiger partial charge on any atom is -0.490 e. The Bertz CT molecular complexity index is 569. The Morgan fingerprint density at radius 1 is 1.06 bits per heavy atom. The highest BCUT2D eigenvalue weighted by Crippen LogP contribution is 2.33. The molecule has 3 rings (SSSR count). The van der Waals surface area contributed by atoms with E-state index in [-0.39, 0.29) is 0 Å². The van der Waals surface area contributed by atoms with E-state index in [4.69, 9.17) is 9.47 Å². The fourth-order valence-corrected chi connectivity index (χ4v) is 1.94. The van der Waals surface area contributed by atoms with Gasteiger partial charge in [0, 0.05) is 18.2 Å². The molecule has 0 amide bonds. The molecule has 0 N–H and O–H groups in total. The van der Waals surface area contributed by atoms with Crippen molar-refractivity contribution in [3.63, 3.8) is 0 Å². The average Bonchev–Trinajstić information content (AvgIpc) is 2.63. The van der Waals surface area contributed by atoms with E-state index in [1.807, 2.05) is 31.2 Å². The lowest BCUT2D eigenvalue weighted by Crippen LogP contribution is -1.97. The minimum atomic E-state index is 0.694. The molecule has 0 atom stereocenters. The van der Waals surface area contributed by atoms with E-state index in [0.717, 1.165) is 35.0 Å². The molecule has 0 saturated carbocycles. The second kappa shape index (κ2) is 4.64. The van der Waals surface area contributed by atoms with Gasteiger partial charge in [-0.3, -0.25) is 0 Å². The van der Waals surface area contributed by atoms with Crippen LogP contribution in [0, 0.1) is 6.92 Å². The van der Waals surface area contributed by atoms with Crippen molar-refractivity contribution in [2.75, 3.05) is 13.2 Å². The van der Waals surface area contributed by atoms with E-state index in [1.54, 1.807) is 6.20 Å². The van der Waals surface area contributed by atoms with Gasteiger partial charge >= 0.3 is 0 Å². The largest absolute Gasteiger partial charge is 0.490 e. The highest BCUT2D eigenvalue weighted by molar-refractivity contribution is 5.63. The van der Waals surface area contributed by atoms with Crippen LogP contribution in [0.4, 0.5) is 0 Å². The van der Waals surface area contributed by atoms with E-state index in [9.17, 15) is 0 Å². The summed E-state index contributed by atoms with van der Waals surface area (Å²) < 4.78 is 11.3. The number of hydrogen-bond donors (Lipinski definition) is 0. The zero-order valence-corrected chi connectivity index (χ0v) is 10.2. The molecule has 4 nitrogen and oxygen atoms in total. The van der Waals surface area contributed by atoms with Crippen molar-refractivity contribution in [1.29, 1.82) is 0 Å². The molecular weight excluding hydrogens is 228 g/mol. The SMILES string of the molecule is Cc1nccc(-c2ccc3c(c2)OCCCO3)n1. The molecule has 4 heteroatoms. The molecule has 0 spiro atoms. The summed E-state index contributed by atoms with van der Waals surface area (Å²) in [5, 5.41) is 0. The first-order valence-corrected chi connectivity index (χ1v) is 6.02. The number of aromatic nitrogens is 2. The Labute approximate surface area is 106 Å². The third kappa shape index (κ3) is 2.14. The summed E-state index contributed by atoms with van der Waals surface area (Å²) in [5.74, 6) is 2.36. The van der Waals surface area contributed by atoms with E-state index < -0.39 is 0 Å². The Kier molecular flexibility index (Phi) is 2.84. The lowest BCUT2D eigenvalue weighted by molar-refractivity contribution is 0.297. The number of hydrogen-bond acceptors (Lipinski definition) is 4. The van der Waals surface area contributed by atoms with Crippen LogP contribution in [0.15, 0.2) is 30.5 Å². The summed E-state index contributed by atoms with van der Waals surface area (Å²) >= 11 is 0. The molecule has 0 bridgehead atoms. The first-order chi connectivity index (χ1) is 8.83. The van der Waals surface area contributed by atoms with E-state index in [0.29, 0.717) is 13.2 Å². The summed E-state index contributed by atoms with van der Waals surface area (Å²) in [5.41, 5.74) is 1.92. The van der Waals surface area contributed by atoms with Crippen LogP contribution in [0.5, 0.6) is 11.5 Å². The van der Waals surface area contributed by atoms with Crippen molar-refractivity contribution in [3.8, 4) is 22.8 Å². The predicted octanol–water partition coefficient (Wildman–Crippen LogP) is 2.61. The van der Waals surface area contributed by atoms with Gasteiger partial charge in [-0.15, -0.1) is 0 Å².